The predicted octanol–water partition coefficient (Wildman–Crippen LogP) is -0.0729. The molecule has 98 valence electrons. The molecular formula is C12H18N4O2. The number of amides is 1. The standard InChI is InChI=1S/C12H18N4O2/c1-10(9-16-4-6-18-7-5-16)15-12(17)11-8-13-2-3-14-11/h2-3,8,10H,4-7,9H2,1H3,(H,15,17)/t10-/m1/s1. The van der Waals surface area contributed by atoms with E-state index in [1.165, 1.54) is 12.4 Å². The highest BCUT2D eigenvalue weighted by Crippen LogP contribution is 1.99. The molecule has 6 heteroatoms. The number of hydrogen-bond acceptors (Lipinski definition) is 5. The number of carbonyl (C=O) groups excluding carboxylic acids is 1. The summed E-state index contributed by atoms with van der Waals surface area (Å²) < 4.78 is 5.28. The van der Waals surface area contributed by atoms with Crippen LogP contribution in [-0.2, 0) is 4.74 Å². The highest BCUT2D eigenvalue weighted by Gasteiger charge is 2.16. The summed E-state index contributed by atoms with van der Waals surface area (Å²) in [4.78, 5) is 22.0. The number of carbonyl (C=O) groups is 1. The van der Waals surface area contributed by atoms with Gasteiger partial charge in [-0.2, -0.15) is 0 Å². The van der Waals surface area contributed by atoms with E-state index in [0.29, 0.717) is 5.69 Å². The summed E-state index contributed by atoms with van der Waals surface area (Å²) in [7, 11) is 0. The van der Waals surface area contributed by atoms with Crippen molar-refractivity contribution in [2.75, 3.05) is 32.8 Å². The molecule has 1 aromatic heterocycles. The monoisotopic (exact) mass is 250 g/mol. The number of nitrogens with zero attached hydrogens (tertiary/aromatic N) is 3. The van der Waals surface area contributed by atoms with Gasteiger partial charge in [0.1, 0.15) is 5.69 Å². The molecule has 18 heavy (non-hydrogen) atoms. The Morgan fingerprint density at radius 3 is 2.94 bits per heavy atom. The molecule has 1 atom stereocenters. The summed E-state index contributed by atoms with van der Waals surface area (Å²) in [5, 5.41) is 2.92. The van der Waals surface area contributed by atoms with Crippen LogP contribution in [0.25, 0.3) is 0 Å². The van der Waals surface area contributed by atoms with E-state index >= 15 is 0 Å². The Hall–Kier alpha value is -1.53. The van der Waals surface area contributed by atoms with Gasteiger partial charge in [0.2, 0.25) is 0 Å². The fourth-order valence-electron chi connectivity index (χ4n) is 1.93. The second kappa shape index (κ2) is 6.42. The molecule has 2 rings (SSSR count). The first kappa shape index (κ1) is 12.9. The van der Waals surface area contributed by atoms with Gasteiger partial charge in [-0.25, -0.2) is 4.98 Å². The third kappa shape index (κ3) is 3.75. The topological polar surface area (TPSA) is 67.3 Å². The first-order chi connectivity index (χ1) is 8.75. The average Bonchev–Trinajstić information content (AvgIpc) is 2.40. The van der Waals surface area contributed by atoms with Gasteiger partial charge in [0.05, 0.1) is 19.4 Å². The maximum Gasteiger partial charge on any atom is 0.271 e. The number of hydrogen-bond donors (Lipinski definition) is 1. The van der Waals surface area contributed by atoms with Crippen LogP contribution in [0.4, 0.5) is 0 Å². The first-order valence-electron chi connectivity index (χ1n) is 6.12. The molecule has 2 heterocycles. The van der Waals surface area contributed by atoms with Gasteiger partial charge in [-0.05, 0) is 6.92 Å². The second-order valence-electron chi connectivity index (χ2n) is 4.38. The van der Waals surface area contributed by atoms with Crippen LogP contribution >= 0.6 is 0 Å². The lowest BCUT2D eigenvalue weighted by Gasteiger charge is -2.29. The third-order valence-electron chi connectivity index (χ3n) is 2.81. The molecule has 0 bridgehead atoms. The van der Waals surface area contributed by atoms with Crippen molar-refractivity contribution in [3.05, 3.63) is 24.3 Å². The van der Waals surface area contributed by atoms with Crippen LogP contribution in [0.3, 0.4) is 0 Å². The van der Waals surface area contributed by atoms with E-state index in [1.54, 1.807) is 6.20 Å². The largest absolute Gasteiger partial charge is 0.379 e. The van der Waals surface area contributed by atoms with Crippen molar-refractivity contribution < 1.29 is 9.53 Å². The Bertz CT molecular complexity index is 379. The minimum Gasteiger partial charge on any atom is -0.379 e. The molecule has 1 saturated heterocycles. The van der Waals surface area contributed by atoms with E-state index < -0.39 is 0 Å². The Morgan fingerprint density at radius 1 is 1.50 bits per heavy atom. The number of aromatic nitrogens is 2. The molecule has 1 aromatic rings. The minimum absolute atomic E-state index is 0.0811. The zero-order valence-electron chi connectivity index (χ0n) is 10.5. The Labute approximate surface area is 106 Å². The predicted molar refractivity (Wildman–Crippen MR) is 66.2 cm³/mol. The molecule has 0 radical (unpaired) electrons. The molecule has 1 aliphatic rings. The molecule has 1 aliphatic heterocycles. The maximum atomic E-state index is 11.8. The smallest absolute Gasteiger partial charge is 0.271 e. The summed E-state index contributed by atoms with van der Waals surface area (Å²) in [6, 6.07) is 0.0811. The van der Waals surface area contributed by atoms with Crippen molar-refractivity contribution in [3.63, 3.8) is 0 Å². The van der Waals surface area contributed by atoms with Gasteiger partial charge in [-0.3, -0.25) is 14.7 Å². The average molecular weight is 250 g/mol. The van der Waals surface area contributed by atoms with E-state index in [4.69, 9.17) is 4.74 Å². The number of rotatable bonds is 4. The van der Waals surface area contributed by atoms with Crippen LogP contribution in [0.2, 0.25) is 0 Å². The van der Waals surface area contributed by atoms with Crippen molar-refractivity contribution in [3.8, 4) is 0 Å². The fraction of sp³-hybridized carbons (Fsp3) is 0.583. The summed E-state index contributed by atoms with van der Waals surface area (Å²) in [5.74, 6) is -0.177. The Morgan fingerprint density at radius 2 is 2.28 bits per heavy atom. The second-order valence-corrected chi connectivity index (χ2v) is 4.38. The van der Waals surface area contributed by atoms with E-state index in [2.05, 4.69) is 20.2 Å². The van der Waals surface area contributed by atoms with Crippen LogP contribution in [0.5, 0.6) is 0 Å². The Kier molecular flexibility index (Phi) is 4.60. The van der Waals surface area contributed by atoms with E-state index in [9.17, 15) is 4.79 Å². The lowest BCUT2D eigenvalue weighted by atomic mass is 10.2. The Balaban J connectivity index is 1.80. The normalized spacial score (nSPS) is 18.3. The van der Waals surface area contributed by atoms with Crippen LogP contribution in [-0.4, -0.2) is 59.7 Å². The van der Waals surface area contributed by atoms with E-state index in [1.807, 2.05) is 6.92 Å². The summed E-state index contributed by atoms with van der Waals surface area (Å²) >= 11 is 0. The molecule has 0 unspecified atom stereocenters. The molecule has 0 aromatic carbocycles. The number of ether oxygens (including phenoxy) is 1. The zero-order chi connectivity index (χ0) is 12.8. The lowest BCUT2D eigenvalue weighted by Crippen LogP contribution is -2.46. The molecule has 0 aliphatic carbocycles. The lowest BCUT2D eigenvalue weighted by molar-refractivity contribution is 0.0342. The first-order valence-corrected chi connectivity index (χ1v) is 6.12. The van der Waals surface area contributed by atoms with E-state index in [-0.39, 0.29) is 11.9 Å². The van der Waals surface area contributed by atoms with Gasteiger partial charge >= 0.3 is 0 Å². The molecule has 6 nitrogen and oxygen atoms in total. The molecule has 0 saturated carbocycles. The van der Waals surface area contributed by atoms with Crippen LogP contribution in [0.1, 0.15) is 17.4 Å². The molecule has 0 spiro atoms. The van der Waals surface area contributed by atoms with Crippen molar-refractivity contribution >= 4 is 5.91 Å². The molecule has 1 amide bonds. The van der Waals surface area contributed by atoms with Crippen molar-refractivity contribution in [1.82, 2.24) is 20.2 Å². The number of morpholine rings is 1. The SMILES string of the molecule is C[C@H](CN1CCOCC1)NC(=O)c1cnccn1. The maximum absolute atomic E-state index is 11.8. The molecule has 1 fully saturated rings. The zero-order valence-corrected chi connectivity index (χ0v) is 10.5. The van der Waals surface area contributed by atoms with E-state index in [0.717, 1.165) is 32.8 Å². The minimum atomic E-state index is -0.177. The van der Waals surface area contributed by atoms with Gasteiger partial charge in [0, 0.05) is 38.1 Å². The van der Waals surface area contributed by atoms with Gasteiger partial charge in [0.25, 0.3) is 5.91 Å². The summed E-state index contributed by atoms with van der Waals surface area (Å²) in [6.45, 7) is 6.20. The van der Waals surface area contributed by atoms with Gasteiger partial charge in [0.15, 0.2) is 0 Å². The van der Waals surface area contributed by atoms with Gasteiger partial charge in [-0.15, -0.1) is 0 Å². The third-order valence-corrected chi connectivity index (χ3v) is 2.81. The van der Waals surface area contributed by atoms with Crippen LogP contribution in [0.15, 0.2) is 18.6 Å². The quantitative estimate of drug-likeness (QED) is 0.810. The highest BCUT2D eigenvalue weighted by atomic mass is 16.5. The van der Waals surface area contributed by atoms with Crippen LogP contribution < -0.4 is 5.32 Å². The van der Waals surface area contributed by atoms with Gasteiger partial charge in [-0.1, -0.05) is 0 Å². The fourth-order valence-corrected chi connectivity index (χ4v) is 1.93. The molecular weight excluding hydrogens is 232 g/mol. The van der Waals surface area contributed by atoms with Crippen molar-refractivity contribution in [2.45, 2.75) is 13.0 Å². The number of nitrogens with one attached hydrogen (secondary N) is 1. The van der Waals surface area contributed by atoms with Crippen LogP contribution in [0, 0.1) is 0 Å². The van der Waals surface area contributed by atoms with Crippen molar-refractivity contribution in [2.24, 2.45) is 0 Å². The van der Waals surface area contributed by atoms with Gasteiger partial charge < -0.3 is 10.1 Å². The highest BCUT2D eigenvalue weighted by molar-refractivity contribution is 5.92. The molecule has 1 N–H and O–H groups in total. The summed E-state index contributed by atoms with van der Waals surface area (Å²) in [6.07, 6.45) is 4.53. The van der Waals surface area contributed by atoms with Crippen molar-refractivity contribution in [1.29, 1.82) is 0 Å². The summed E-state index contributed by atoms with van der Waals surface area (Å²) in [5.41, 5.74) is 0.353.